The van der Waals surface area contributed by atoms with Crippen LogP contribution in [0.1, 0.15) is 60.9 Å². The Hall–Kier alpha value is -3.17. The van der Waals surface area contributed by atoms with E-state index in [1.807, 2.05) is 37.4 Å². The van der Waals surface area contributed by atoms with E-state index in [2.05, 4.69) is 28.5 Å². The molecule has 1 unspecified atom stereocenters. The third-order valence-electron chi connectivity index (χ3n) is 6.62. The van der Waals surface area contributed by atoms with Crippen LogP contribution in [-0.2, 0) is 11.2 Å². The molecule has 1 N–H and O–H groups in total. The number of piperidine rings is 1. The van der Waals surface area contributed by atoms with Gasteiger partial charge in [0.05, 0.1) is 29.1 Å². The average Bonchev–Trinajstić information content (AvgIpc) is 3.08. The highest BCUT2D eigenvalue weighted by atomic mass is 16.4. The second-order valence-electron chi connectivity index (χ2n) is 8.85. The lowest BCUT2D eigenvalue weighted by atomic mass is 9.99. The van der Waals surface area contributed by atoms with Crippen molar-refractivity contribution >= 4 is 17.0 Å². The quantitative estimate of drug-likeness (QED) is 0.581. The molecular weight excluding hydrogens is 400 g/mol. The summed E-state index contributed by atoms with van der Waals surface area (Å²) in [5, 5.41) is 18.4. The van der Waals surface area contributed by atoms with Gasteiger partial charge in [-0.1, -0.05) is 13.3 Å². The number of carboxylic acids is 1. The average molecular weight is 431 g/mol. The van der Waals surface area contributed by atoms with Gasteiger partial charge in [0.15, 0.2) is 0 Å². The number of nitrogens with zero attached hydrogens (tertiary/aromatic N) is 4. The number of benzene rings is 1. The number of aromatic nitrogens is 2. The number of nitriles is 1. The molecule has 1 aliphatic heterocycles. The molecule has 6 heteroatoms. The molecule has 1 saturated heterocycles. The summed E-state index contributed by atoms with van der Waals surface area (Å²) in [6, 6.07) is 11.9. The smallest absolute Gasteiger partial charge is 0.303 e. The van der Waals surface area contributed by atoms with Crippen molar-refractivity contribution < 1.29 is 9.90 Å². The molecule has 3 aromatic rings. The summed E-state index contributed by atoms with van der Waals surface area (Å²) in [5.74, 6) is -0.927. The summed E-state index contributed by atoms with van der Waals surface area (Å²) in [6.45, 7) is 7.41. The predicted molar refractivity (Wildman–Crippen MR) is 125 cm³/mol. The van der Waals surface area contributed by atoms with Crippen LogP contribution in [0, 0.1) is 18.3 Å². The van der Waals surface area contributed by atoms with E-state index < -0.39 is 5.97 Å². The largest absolute Gasteiger partial charge is 0.481 e. The summed E-state index contributed by atoms with van der Waals surface area (Å²) in [7, 11) is 0. The predicted octanol–water partition coefficient (Wildman–Crippen LogP) is 4.81. The van der Waals surface area contributed by atoms with Gasteiger partial charge >= 0.3 is 5.97 Å². The lowest BCUT2D eigenvalue weighted by Gasteiger charge is -2.26. The fourth-order valence-corrected chi connectivity index (χ4v) is 4.78. The van der Waals surface area contributed by atoms with Crippen LogP contribution in [0.2, 0.25) is 0 Å². The van der Waals surface area contributed by atoms with Gasteiger partial charge in [0, 0.05) is 29.7 Å². The first kappa shape index (κ1) is 22.0. The van der Waals surface area contributed by atoms with Gasteiger partial charge in [-0.2, -0.15) is 5.26 Å². The molecule has 32 heavy (non-hydrogen) atoms. The van der Waals surface area contributed by atoms with Gasteiger partial charge < -0.3 is 14.6 Å². The molecular formula is C26H30N4O2. The maximum Gasteiger partial charge on any atom is 0.303 e. The Morgan fingerprint density at radius 1 is 1.22 bits per heavy atom. The molecule has 0 saturated carbocycles. The zero-order valence-corrected chi connectivity index (χ0v) is 18.8. The van der Waals surface area contributed by atoms with Crippen molar-refractivity contribution in [1.82, 2.24) is 14.5 Å². The number of pyridine rings is 1. The number of carboxylic acid groups (broad SMARTS) is 1. The molecule has 1 aromatic carbocycles. The number of rotatable bonds is 7. The van der Waals surface area contributed by atoms with Crippen molar-refractivity contribution in [1.29, 1.82) is 5.26 Å². The van der Waals surface area contributed by atoms with Crippen molar-refractivity contribution in [3.63, 3.8) is 0 Å². The summed E-state index contributed by atoms with van der Waals surface area (Å²) in [5.41, 5.74) is 6.91. The van der Waals surface area contributed by atoms with Crippen molar-refractivity contribution in [3.8, 4) is 11.8 Å². The zero-order chi connectivity index (χ0) is 22.7. The van der Waals surface area contributed by atoms with E-state index in [1.165, 1.54) is 24.8 Å². The molecule has 0 spiro atoms. The van der Waals surface area contributed by atoms with Crippen LogP contribution in [0.25, 0.3) is 16.7 Å². The van der Waals surface area contributed by atoms with Crippen LogP contribution < -0.4 is 0 Å². The van der Waals surface area contributed by atoms with Crippen molar-refractivity contribution in [3.05, 3.63) is 58.9 Å². The minimum atomic E-state index is -0.807. The van der Waals surface area contributed by atoms with Crippen LogP contribution in [0.15, 0.2) is 36.5 Å². The number of likely N-dealkylation sites (tertiary alicyclic amines) is 1. The Morgan fingerprint density at radius 2 is 1.94 bits per heavy atom. The van der Waals surface area contributed by atoms with E-state index in [9.17, 15) is 15.2 Å². The second kappa shape index (κ2) is 9.54. The maximum atomic E-state index is 11.2. The number of aliphatic carboxylic acids is 1. The Kier molecular flexibility index (Phi) is 6.57. The second-order valence-corrected chi connectivity index (χ2v) is 8.85. The normalized spacial score (nSPS) is 15.5. The monoisotopic (exact) mass is 430 g/mol. The Morgan fingerprint density at radius 3 is 2.59 bits per heavy atom. The van der Waals surface area contributed by atoms with E-state index in [0.717, 1.165) is 54.0 Å². The lowest BCUT2D eigenvalue weighted by molar-refractivity contribution is -0.137. The first-order valence-corrected chi connectivity index (χ1v) is 11.4. The minimum absolute atomic E-state index is 0.0750. The first-order valence-electron chi connectivity index (χ1n) is 11.4. The van der Waals surface area contributed by atoms with Crippen LogP contribution in [-0.4, -0.2) is 45.2 Å². The molecule has 0 bridgehead atoms. The van der Waals surface area contributed by atoms with E-state index in [1.54, 1.807) is 0 Å². The molecule has 0 aliphatic carbocycles. The van der Waals surface area contributed by atoms with Crippen LogP contribution in [0.5, 0.6) is 0 Å². The number of carbonyl (C=O) groups is 1. The molecule has 4 rings (SSSR count). The third-order valence-corrected chi connectivity index (χ3v) is 6.62. The van der Waals surface area contributed by atoms with Gasteiger partial charge in [0.2, 0.25) is 0 Å². The van der Waals surface area contributed by atoms with Crippen LogP contribution in [0.3, 0.4) is 0 Å². The molecule has 3 heterocycles. The Labute approximate surface area is 189 Å². The summed E-state index contributed by atoms with van der Waals surface area (Å²) >= 11 is 0. The van der Waals surface area contributed by atoms with Gasteiger partial charge in [-0.3, -0.25) is 9.78 Å². The van der Waals surface area contributed by atoms with Crippen molar-refractivity contribution in [2.24, 2.45) is 0 Å². The maximum absolute atomic E-state index is 11.2. The first-order chi connectivity index (χ1) is 15.5. The summed E-state index contributed by atoms with van der Waals surface area (Å²) in [4.78, 5) is 18.6. The van der Waals surface area contributed by atoms with Gasteiger partial charge in [-0.15, -0.1) is 0 Å². The highest BCUT2D eigenvalue weighted by Gasteiger charge is 2.20. The van der Waals surface area contributed by atoms with Gasteiger partial charge in [-0.05, 0) is 81.1 Å². The van der Waals surface area contributed by atoms with Crippen LogP contribution >= 0.6 is 0 Å². The number of fused-ring (bicyclic) bond motifs is 1. The highest BCUT2D eigenvalue weighted by molar-refractivity contribution is 5.84. The third kappa shape index (κ3) is 4.53. The van der Waals surface area contributed by atoms with E-state index in [0.29, 0.717) is 5.56 Å². The SMILES string of the molecule is Cc1c(CCN2CCCCC2)c2ncc(C(C)CC(=O)O)cc2n1-c1ccc(C#N)cc1. The van der Waals surface area contributed by atoms with Crippen LogP contribution in [0.4, 0.5) is 0 Å². The molecule has 166 valence electrons. The highest BCUT2D eigenvalue weighted by Crippen LogP contribution is 2.31. The molecule has 1 fully saturated rings. The van der Waals surface area contributed by atoms with Crippen molar-refractivity contribution in [2.75, 3.05) is 19.6 Å². The summed E-state index contributed by atoms with van der Waals surface area (Å²) < 4.78 is 2.20. The summed E-state index contributed by atoms with van der Waals surface area (Å²) in [6.07, 6.45) is 6.72. The van der Waals surface area contributed by atoms with E-state index in [-0.39, 0.29) is 12.3 Å². The number of hydrogen-bond acceptors (Lipinski definition) is 4. The molecule has 0 radical (unpaired) electrons. The van der Waals surface area contributed by atoms with Gasteiger partial charge in [0.25, 0.3) is 0 Å². The standard InChI is InChI=1S/C26H30N4O2/c1-18(14-25(31)32)21-15-24-26(28-17-21)23(10-13-29-11-4-3-5-12-29)19(2)30(24)22-8-6-20(16-27)7-9-22/h6-9,15,17-18H,3-5,10-14H2,1-2H3,(H,31,32). The fourth-order valence-electron chi connectivity index (χ4n) is 4.78. The molecule has 6 nitrogen and oxygen atoms in total. The van der Waals surface area contributed by atoms with Crippen molar-refractivity contribution in [2.45, 2.75) is 51.9 Å². The van der Waals surface area contributed by atoms with Gasteiger partial charge in [0.1, 0.15) is 0 Å². The zero-order valence-electron chi connectivity index (χ0n) is 18.8. The molecule has 1 atom stereocenters. The number of hydrogen-bond donors (Lipinski definition) is 1. The van der Waals surface area contributed by atoms with Gasteiger partial charge in [-0.25, -0.2) is 0 Å². The topological polar surface area (TPSA) is 82.2 Å². The molecule has 2 aromatic heterocycles. The molecule has 1 aliphatic rings. The minimum Gasteiger partial charge on any atom is -0.481 e. The molecule has 0 amide bonds. The lowest BCUT2D eigenvalue weighted by Crippen LogP contribution is -2.31. The van der Waals surface area contributed by atoms with E-state index >= 15 is 0 Å². The van der Waals surface area contributed by atoms with E-state index in [4.69, 9.17) is 4.98 Å². The Bertz CT molecular complexity index is 1150. The fraction of sp³-hybridized carbons (Fsp3) is 0.423. The Balaban J connectivity index is 1.77.